The van der Waals surface area contributed by atoms with Crippen LogP contribution >= 0.6 is 0 Å². The summed E-state index contributed by atoms with van der Waals surface area (Å²) in [7, 11) is 0. The van der Waals surface area contributed by atoms with Crippen LogP contribution in [0.1, 0.15) is 31.7 Å². The van der Waals surface area contributed by atoms with Gasteiger partial charge in [0.05, 0.1) is 11.8 Å². The summed E-state index contributed by atoms with van der Waals surface area (Å²) in [6.07, 6.45) is 1.18. The van der Waals surface area contributed by atoms with Gasteiger partial charge in [-0.2, -0.15) is 0 Å². The second-order valence-electron chi connectivity index (χ2n) is 4.95. The first-order chi connectivity index (χ1) is 8.01. The minimum atomic E-state index is -0.0299. The van der Waals surface area contributed by atoms with Crippen LogP contribution in [0.15, 0.2) is 12.1 Å². The molecule has 94 valence electrons. The number of nitrogens with one attached hydrogen (secondary N) is 1. The Hall–Kier alpha value is -1.13. The molecule has 0 bridgehead atoms. The van der Waals surface area contributed by atoms with Crippen molar-refractivity contribution in [3.8, 4) is 5.75 Å². The highest BCUT2D eigenvalue weighted by Gasteiger charge is 2.36. The van der Waals surface area contributed by atoms with Gasteiger partial charge in [-0.3, -0.25) is 4.98 Å². The third-order valence-corrected chi connectivity index (χ3v) is 3.64. The van der Waals surface area contributed by atoms with Gasteiger partial charge in [0, 0.05) is 24.4 Å². The molecule has 0 spiro atoms. The molecular weight excluding hydrogens is 216 g/mol. The standard InChI is InChI=1S/C13H20N2O2/c1-9-4-5-12(16)11(15-9)8-14-13(3)6-7-17-10(13)2/h4-5,10,14,16H,6-8H2,1-3H3. The number of hydrogen-bond donors (Lipinski definition) is 2. The van der Waals surface area contributed by atoms with Gasteiger partial charge in [0.15, 0.2) is 0 Å². The van der Waals surface area contributed by atoms with E-state index in [1.54, 1.807) is 6.07 Å². The second-order valence-corrected chi connectivity index (χ2v) is 4.95. The molecule has 2 N–H and O–H groups in total. The highest BCUT2D eigenvalue weighted by molar-refractivity contribution is 5.27. The number of aromatic nitrogens is 1. The Morgan fingerprint density at radius 1 is 1.59 bits per heavy atom. The first-order valence-electron chi connectivity index (χ1n) is 6.03. The van der Waals surface area contributed by atoms with Gasteiger partial charge in [0.25, 0.3) is 0 Å². The molecule has 0 aromatic carbocycles. The number of pyridine rings is 1. The molecule has 4 heteroatoms. The highest BCUT2D eigenvalue weighted by Crippen LogP contribution is 2.26. The van der Waals surface area contributed by atoms with Crippen LogP contribution in [0.5, 0.6) is 5.75 Å². The molecular formula is C13H20N2O2. The summed E-state index contributed by atoms with van der Waals surface area (Å²) in [5, 5.41) is 13.2. The maximum atomic E-state index is 9.72. The van der Waals surface area contributed by atoms with Crippen LogP contribution in [-0.4, -0.2) is 28.3 Å². The normalized spacial score (nSPS) is 28.5. The summed E-state index contributed by atoms with van der Waals surface area (Å²) >= 11 is 0. The first-order valence-corrected chi connectivity index (χ1v) is 6.03. The molecule has 4 nitrogen and oxygen atoms in total. The summed E-state index contributed by atoms with van der Waals surface area (Å²) in [6, 6.07) is 3.50. The highest BCUT2D eigenvalue weighted by atomic mass is 16.5. The lowest BCUT2D eigenvalue weighted by molar-refractivity contribution is 0.0879. The van der Waals surface area contributed by atoms with E-state index in [0.29, 0.717) is 12.2 Å². The van der Waals surface area contributed by atoms with E-state index < -0.39 is 0 Å². The topological polar surface area (TPSA) is 54.4 Å². The summed E-state index contributed by atoms with van der Waals surface area (Å²) < 4.78 is 5.57. The molecule has 2 atom stereocenters. The van der Waals surface area contributed by atoms with Crippen molar-refractivity contribution in [3.05, 3.63) is 23.5 Å². The number of nitrogens with zero attached hydrogens (tertiary/aromatic N) is 1. The zero-order valence-electron chi connectivity index (χ0n) is 10.7. The van der Waals surface area contributed by atoms with E-state index >= 15 is 0 Å². The zero-order valence-corrected chi connectivity index (χ0v) is 10.7. The van der Waals surface area contributed by atoms with Crippen molar-refractivity contribution in [1.82, 2.24) is 10.3 Å². The molecule has 2 unspecified atom stereocenters. The van der Waals surface area contributed by atoms with Gasteiger partial charge in [-0.1, -0.05) is 0 Å². The maximum absolute atomic E-state index is 9.72. The van der Waals surface area contributed by atoms with Gasteiger partial charge in [0.2, 0.25) is 0 Å². The third kappa shape index (κ3) is 2.58. The lowest BCUT2D eigenvalue weighted by atomic mass is 9.94. The van der Waals surface area contributed by atoms with Gasteiger partial charge in [-0.25, -0.2) is 0 Å². The molecule has 0 aliphatic carbocycles. The molecule has 0 radical (unpaired) electrons. The van der Waals surface area contributed by atoms with E-state index in [-0.39, 0.29) is 17.4 Å². The van der Waals surface area contributed by atoms with Crippen molar-refractivity contribution < 1.29 is 9.84 Å². The molecule has 1 aromatic rings. The number of rotatable bonds is 3. The number of aromatic hydroxyl groups is 1. The summed E-state index contributed by atoms with van der Waals surface area (Å²) in [4.78, 5) is 4.34. The fraction of sp³-hybridized carbons (Fsp3) is 0.615. The van der Waals surface area contributed by atoms with E-state index in [9.17, 15) is 5.11 Å². The Morgan fingerprint density at radius 3 is 3.00 bits per heavy atom. The van der Waals surface area contributed by atoms with Crippen LogP contribution in [0.25, 0.3) is 0 Å². The third-order valence-electron chi connectivity index (χ3n) is 3.64. The fourth-order valence-electron chi connectivity index (χ4n) is 2.09. The lowest BCUT2D eigenvalue weighted by Crippen LogP contribution is -2.47. The van der Waals surface area contributed by atoms with Crippen molar-refractivity contribution in [2.24, 2.45) is 0 Å². The Bertz CT molecular complexity index is 408. The minimum Gasteiger partial charge on any atom is -0.506 e. The van der Waals surface area contributed by atoms with Gasteiger partial charge in [0.1, 0.15) is 5.75 Å². The van der Waals surface area contributed by atoms with Crippen LogP contribution in [-0.2, 0) is 11.3 Å². The smallest absolute Gasteiger partial charge is 0.138 e. The van der Waals surface area contributed by atoms with Crippen molar-refractivity contribution in [2.45, 2.75) is 45.4 Å². The largest absolute Gasteiger partial charge is 0.506 e. The van der Waals surface area contributed by atoms with Crippen LogP contribution in [0.2, 0.25) is 0 Å². The van der Waals surface area contributed by atoms with Crippen LogP contribution < -0.4 is 5.32 Å². The average Bonchev–Trinajstić information content (AvgIpc) is 2.61. The molecule has 1 aliphatic heterocycles. The fourth-order valence-corrected chi connectivity index (χ4v) is 2.09. The Balaban J connectivity index is 2.04. The predicted molar refractivity (Wildman–Crippen MR) is 65.9 cm³/mol. The Labute approximate surface area is 102 Å². The molecule has 2 heterocycles. The summed E-state index contributed by atoms with van der Waals surface area (Å²) in [5.41, 5.74) is 1.59. The zero-order chi connectivity index (χ0) is 12.5. The predicted octanol–water partition coefficient (Wildman–Crippen LogP) is 1.75. The molecule has 2 rings (SSSR count). The van der Waals surface area contributed by atoms with Crippen LogP contribution in [0.4, 0.5) is 0 Å². The van der Waals surface area contributed by atoms with Gasteiger partial charge >= 0.3 is 0 Å². The summed E-state index contributed by atoms with van der Waals surface area (Å²) in [5.74, 6) is 0.248. The average molecular weight is 236 g/mol. The van der Waals surface area contributed by atoms with E-state index in [0.717, 1.165) is 18.7 Å². The molecule has 17 heavy (non-hydrogen) atoms. The van der Waals surface area contributed by atoms with Crippen molar-refractivity contribution >= 4 is 0 Å². The van der Waals surface area contributed by atoms with E-state index in [4.69, 9.17) is 4.74 Å². The van der Waals surface area contributed by atoms with Gasteiger partial charge in [-0.15, -0.1) is 0 Å². The molecule has 0 amide bonds. The number of ether oxygens (including phenoxy) is 1. The number of hydrogen-bond acceptors (Lipinski definition) is 4. The van der Waals surface area contributed by atoms with Crippen molar-refractivity contribution in [1.29, 1.82) is 0 Å². The Kier molecular flexibility index (Phi) is 3.35. The Morgan fingerprint density at radius 2 is 2.35 bits per heavy atom. The summed E-state index contributed by atoms with van der Waals surface area (Å²) in [6.45, 7) is 7.50. The van der Waals surface area contributed by atoms with Crippen LogP contribution in [0.3, 0.4) is 0 Å². The molecule has 1 saturated heterocycles. The molecule has 1 aromatic heterocycles. The van der Waals surface area contributed by atoms with E-state index in [2.05, 4.69) is 24.1 Å². The SMILES string of the molecule is Cc1ccc(O)c(CNC2(C)CCOC2C)n1. The van der Waals surface area contributed by atoms with Gasteiger partial charge < -0.3 is 15.2 Å². The van der Waals surface area contributed by atoms with Gasteiger partial charge in [-0.05, 0) is 39.3 Å². The maximum Gasteiger partial charge on any atom is 0.138 e. The monoisotopic (exact) mass is 236 g/mol. The van der Waals surface area contributed by atoms with E-state index in [1.807, 2.05) is 13.0 Å². The quantitative estimate of drug-likeness (QED) is 0.839. The molecule has 0 saturated carbocycles. The molecule has 1 aliphatic rings. The molecule has 1 fully saturated rings. The van der Waals surface area contributed by atoms with Crippen molar-refractivity contribution in [3.63, 3.8) is 0 Å². The van der Waals surface area contributed by atoms with E-state index in [1.165, 1.54) is 0 Å². The van der Waals surface area contributed by atoms with Crippen LogP contribution in [0, 0.1) is 6.92 Å². The number of aryl methyl sites for hydroxylation is 1. The first kappa shape index (κ1) is 12.3. The van der Waals surface area contributed by atoms with Crippen molar-refractivity contribution in [2.75, 3.05) is 6.61 Å². The minimum absolute atomic E-state index is 0.0299. The second kappa shape index (κ2) is 4.63. The lowest BCUT2D eigenvalue weighted by Gasteiger charge is -2.29.